The average Bonchev–Trinajstić information content (AvgIpc) is 2.51. The van der Waals surface area contributed by atoms with Crippen LogP contribution < -0.4 is 0 Å². The molecule has 0 N–H and O–H groups in total. The molecular formula is C5H6N4O4S. The standard InChI is InChI=1S/C5H6N4O4S/c1-2-3-14(12,13)5-4-6-7-8(5)9(10)11/h2,4H,1,3H2. The lowest BCUT2D eigenvalue weighted by molar-refractivity contribution is -0.560. The highest BCUT2D eigenvalue weighted by Crippen LogP contribution is 2.08. The van der Waals surface area contributed by atoms with Gasteiger partial charge in [0.25, 0.3) is 0 Å². The first-order valence-corrected chi connectivity index (χ1v) is 5.03. The third-order valence-electron chi connectivity index (χ3n) is 1.31. The summed E-state index contributed by atoms with van der Waals surface area (Å²) in [5.74, 6) is -0.395. The molecule has 0 atom stereocenters. The number of nitro groups is 1. The molecular weight excluding hydrogens is 212 g/mol. The van der Waals surface area contributed by atoms with Crippen LogP contribution in [0.15, 0.2) is 23.9 Å². The van der Waals surface area contributed by atoms with Crippen molar-refractivity contribution < 1.29 is 13.5 Å². The molecule has 1 rings (SSSR count). The van der Waals surface area contributed by atoms with E-state index in [1.807, 2.05) is 0 Å². The van der Waals surface area contributed by atoms with Gasteiger partial charge in [0.05, 0.1) is 15.6 Å². The lowest BCUT2D eigenvalue weighted by atomic mass is 10.8. The monoisotopic (exact) mass is 218 g/mol. The van der Waals surface area contributed by atoms with Crippen LogP contribution in [0.1, 0.15) is 0 Å². The van der Waals surface area contributed by atoms with E-state index in [4.69, 9.17) is 0 Å². The van der Waals surface area contributed by atoms with E-state index >= 15 is 0 Å². The molecule has 0 fully saturated rings. The van der Waals surface area contributed by atoms with Gasteiger partial charge in [-0.05, 0) is 5.10 Å². The fourth-order valence-corrected chi connectivity index (χ4v) is 1.82. The second kappa shape index (κ2) is 3.54. The number of sulfone groups is 1. The molecule has 0 aromatic carbocycles. The normalized spacial score (nSPS) is 11.1. The van der Waals surface area contributed by atoms with Gasteiger partial charge in [0, 0.05) is 0 Å². The Balaban J connectivity index is 3.26. The summed E-state index contributed by atoms with van der Waals surface area (Å²) in [4.78, 5) is 10.4. The highest BCUT2D eigenvalue weighted by Gasteiger charge is 2.25. The molecule has 0 radical (unpaired) electrons. The van der Waals surface area contributed by atoms with Crippen LogP contribution in [0.25, 0.3) is 0 Å². The minimum Gasteiger partial charge on any atom is -0.339 e. The number of hydrogen-bond donors (Lipinski definition) is 0. The number of nitrogens with zero attached hydrogens (tertiary/aromatic N) is 4. The molecule has 8 nitrogen and oxygen atoms in total. The van der Waals surface area contributed by atoms with Gasteiger partial charge in [-0.2, -0.15) is 0 Å². The van der Waals surface area contributed by atoms with E-state index in [2.05, 4.69) is 16.9 Å². The quantitative estimate of drug-likeness (QED) is 0.374. The molecule has 0 bridgehead atoms. The van der Waals surface area contributed by atoms with E-state index < -0.39 is 25.6 Å². The Labute approximate surface area is 78.9 Å². The number of hydrogen-bond acceptors (Lipinski definition) is 6. The van der Waals surface area contributed by atoms with Crippen molar-refractivity contribution in [3.8, 4) is 0 Å². The van der Waals surface area contributed by atoms with Crippen molar-refractivity contribution in [1.29, 1.82) is 0 Å². The Hall–Kier alpha value is -1.77. The molecule has 1 heterocycles. The molecule has 0 spiro atoms. The Morgan fingerprint density at radius 3 is 2.86 bits per heavy atom. The molecule has 0 unspecified atom stereocenters. The molecule has 1 aromatic heterocycles. The smallest absolute Gasteiger partial charge is 0.248 e. The van der Waals surface area contributed by atoms with E-state index in [0.717, 1.165) is 12.3 Å². The van der Waals surface area contributed by atoms with E-state index in [9.17, 15) is 18.5 Å². The second-order valence-electron chi connectivity index (χ2n) is 2.27. The fraction of sp³-hybridized carbons (Fsp3) is 0.200. The molecule has 0 amide bonds. The lowest BCUT2D eigenvalue weighted by Crippen LogP contribution is -2.18. The van der Waals surface area contributed by atoms with Crippen molar-refractivity contribution in [2.24, 2.45) is 0 Å². The first-order valence-electron chi connectivity index (χ1n) is 3.38. The highest BCUT2D eigenvalue weighted by atomic mass is 32.2. The zero-order valence-corrected chi connectivity index (χ0v) is 7.72. The van der Waals surface area contributed by atoms with Crippen molar-refractivity contribution in [3.05, 3.63) is 29.0 Å². The van der Waals surface area contributed by atoms with Crippen LogP contribution in [-0.2, 0) is 9.84 Å². The fourth-order valence-electron chi connectivity index (χ4n) is 0.778. The average molecular weight is 218 g/mol. The number of aromatic nitrogens is 3. The zero-order valence-electron chi connectivity index (χ0n) is 6.90. The Bertz CT molecular complexity index is 462. The van der Waals surface area contributed by atoms with Crippen molar-refractivity contribution in [3.63, 3.8) is 0 Å². The minimum atomic E-state index is -3.76. The molecule has 14 heavy (non-hydrogen) atoms. The van der Waals surface area contributed by atoms with Crippen molar-refractivity contribution >= 4 is 9.84 Å². The summed E-state index contributed by atoms with van der Waals surface area (Å²) in [6.45, 7) is 3.23. The topological polar surface area (TPSA) is 108 Å². The largest absolute Gasteiger partial charge is 0.339 e. The van der Waals surface area contributed by atoms with Crippen molar-refractivity contribution in [1.82, 2.24) is 15.1 Å². The Kier molecular flexibility index (Phi) is 2.60. The summed E-state index contributed by atoms with van der Waals surface area (Å²) in [6, 6.07) is 0. The van der Waals surface area contributed by atoms with Gasteiger partial charge in [-0.3, -0.25) is 0 Å². The Morgan fingerprint density at radius 2 is 2.36 bits per heavy atom. The lowest BCUT2D eigenvalue weighted by Gasteiger charge is -1.97. The summed E-state index contributed by atoms with van der Waals surface area (Å²) in [5.41, 5.74) is 0. The van der Waals surface area contributed by atoms with Crippen molar-refractivity contribution in [2.45, 2.75) is 5.03 Å². The van der Waals surface area contributed by atoms with Gasteiger partial charge in [0.1, 0.15) is 6.20 Å². The maximum absolute atomic E-state index is 11.3. The van der Waals surface area contributed by atoms with Gasteiger partial charge < -0.3 is 10.1 Å². The van der Waals surface area contributed by atoms with Crippen LogP contribution in [0.5, 0.6) is 0 Å². The maximum atomic E-state index is 11.3. The van der Waals surface area contributed by atoms with Crippen LogP contribution in [0.2, 0.25) is 0 Å². The summed E-state index contributed by atoms with van der Waals surface area (Å²) in [6.07, 6.45) is 1.95. The summed E-state index contributed by atoms with van der Waals surface area (Å²) in [5, 5.41) is 15.0. The first-order chi connectivity index (χ1) is 6.49. The summed E-state index contributed by atoms with van der Waals surface area (Å²) in [7, 11) is -3.76. The zero-order chi connectivity index (χ0) is 10.8. The van der Waals surface area contributed by atoms with E-state index in [1.165, 1.54) is 0 Å². The van der Waals surface area contributed by atoms with Gasteiger partial charge in [0.15, 0.2) is 5.21 Å². The molecule has 76 valence electrons. The minimum absolute atomic E-state index is 0.110. The third-order valence-corrected chi connectivity index (χ3v) is 2.89. The molecule has 9 heteroatoms. The molecule has 0 aliphatic heterocycles. The van der Waals surface area contributed by atoms with Crippen molar-refractivity contribution in [2.75, 3.05) is 5.75 Å². The molecule has 0 aliphatic carbocycles. The number of rotatable bonds is 4. The van der Waals surface area contributed by atoms with Crippen LogP contribution in [0.4, 0.5) is 0 Å². The van der Waals surface area contributed by atoms with Gasteiger partial charge in [-0.25, -0.2) is 8.42 Å². The predicted octanol–water partition coefficient (Wildman–Crippen LogP) is -0.722. The van der Waals surface area contributed by atoms with Crippen LogP contribution in [-0.4, -0.2) is 34.3 Å². The van der Waals surface area contributed by atoms with Crippen LogP contribution in [0.3, 0.4) is 0 Å². The molecule has 0 aliphatic rings. The van der Waals surface area contributed by atoms with Crippen LogP contribution in [0, 0.1) is 10.1 Å². The SMILES string of the molecule is C=CCS(=O)(=O)c1cnnn1[N+](=O)[O-]. The van der Waals surface area contributed by atoms with Crippen LogP contribution >= 0.6 is 0 Å². The summed E-state index contributed by atoms with van der Waals surface area (Å²) >= 11 is 0. The summed E-state index contributed by atoms with van der Waals surface area (Å²) < 4.78 is 22.7. The highest BCUT2D eigenvalue weighted by molar-refractivity contribution is 7.91. The van der Waals surface area contributed by atoms with Gasteiger partial charge in [-0.15, -0.1) is 6.58 Å². The Morgan fingerprint density at radius 1 is 1.71 bits per heavy atom. The molecule has 0 saturated carbocycles. The van der Waals surface area contributed by atoms with Gasteiger partial charge >= 0.3 is 0 Å². The van der Waals surface area contributed by atoms with E-state index in [0.29, 0.717) is 0 Å². The third kappa shape index (κ3) is 1.76. The van der Waals surface area contributed by atoms with Gasteiger partial charge in [0.2, 0.25) is 14.9 Å². The predicted molar refractivity (Wildman–Crippen MR) is 44.7 cm³/mol. The van der Waals surface area contributed by atoms with E-state index in [1.54, 1.807) is 0 Å². The maximum Gasteiger partial charge on any atom is 0.248 e. The second-order valence-corrected chi connectivity index (χ2v) is 4.25. The molecule has 0 saturated heterocycles. The first kappa shape index (κ1) is 10.3. The molecule has 1 aromatic rings. The van der Waals surface area contributed by atoms with E-state index in [-0.39, 0.29) is 4.79 Å². The van der Waals surface area contributed by atoms with Gasteiger partial charge in [-0.1, -0.05) is 6.08 Å².